The molecule has 17 heavy (non-hydrogen) atoms. The van der Waals surface area contributed by atoms with Crippen LogP contribution in [0.1, 0.15) is 24.2 Å². The number of aromatic nitrogens is 1. The van der Waals surface area contributed by atoms with E-state index in [1.54, 1.807) is 0 Å². The van der Waals surface area contributed by atoms with Crippen molar-refractivity contribution in [2.45, 2.75) is 19.6 Å². The van der Waals surface area contributed by atoms with E-state index in [2.05, 4.69) is 39.6 Å². The van der Waals surface area contributed by atoms with Gasteiger partial charge in [0, 0.05) is 15.6 Å². The molecule has 1 unspecified atom stereocenters. The van der Waals surface area contributed by atoms with Gasteiger partial charge in [0.15, 0.2) is 0 Å². The molecule has 0 bridgehead atoms. The molecule has 3 nitrogen and oxygen atoms in total. The first-order chi connectivity index (χ1) is 8.20. The van der Waals surface area contributed by atoms with E-state index in [0.717, 1.165) is 26.6 Å². The summed E-state index contributed by atoms with van der Waals surface area (Å²) in [6.45, 7) is 3.45. The summed E-state index contributed by atoms with van der Waals surface area (Å²) in [5, 5.41) is 10.4. The van der Waals surface area contributed by atoms with Crippen LogP contribution in [0.4, 0.5) is 0 Å². The van der Waals surface area contributed by atoms with Gasteiger partial charge in [-0.15, -0.1) is 0 Å². The van der Waals surface area contributed by atoms with Crippen molar-refractivity contribution in [3.63, 3.8) is 0 Å². The Morgan fingerprint density at radius 2 is 2.29 bits per heavy atom. The number of rotatable bonds is 0. The summed E-state index contributed by atoms with van der Waals surface area (Å²) in [5.41, 5.74) is 2.89. The standard InChI is InChI=1S/C13H11BrN2O/c1-8-6-17-7-12-4-9-2-11(14)3-10(5-15)13(9)16(8)12/h2-4,8H,6-7H2,1H3. The van der Waals surface area contributed by atoms with E-state index in [1.807, 2.05) is 12.1 Å². The normalized spacial score (nSPS) is 19.0. The Labute approximate surface area is 108 Å². The van der Waals surface area contributed by atoms with Crippen LogP contribution in [0.3, 0.4) is 0 Å². The molecule has 3 rings (SSSR count). The molecule has 0 aliphatic carbocycles. The van der Waals surface area contributed by atoms with Gasteiger partial charge in [0.2, 0.25) is 0 Å². The maximum absolute atomic E-state index is 9.25. The van der Waals surface area contributed by atoms with Crippen molar-refractivity contribution in [2.24, 2.45) is 0 Å². The van der Waals surface area contributed by atoms with Crippen molar-refractivity contribution >= 4 is 26.8 Å². The van der Waals surface area contributed by atoms with Crippen LogP contribution in [0, 0.1) is 11.3 Å². The average Bonchev–Trinajstić information content (AvgIpc) is 2.67. The van der Waals surface area contributed by atoms with Crippen LogP contribution >= 0.6 is 15.9 Å². The second kappa shape index (κ2) is 3.86. The third kappa shape index (κ3) is 1.58. The lowest BCUT2D eigenvalue weighted by Gasteiger charge is -2.24. The Balaban J connectivity index is 2.41. The van der Waals surface area contributed by atoms with Gasteiger partial charge in [-0.05, 0) is 25.1 Å². The molecule has 0 spiro atoms. The molecule has 0 saturated carbocycles. The van der Waals surface area contributed by atoms with Crippen LogP contribution in [0.25, 0.3) is 10.9 Å². The number of halogens is 1. The minimum atomic E-state index is 0.282. The molecule has 1 aromatic carbocycles. The van der Waals surface area contributed by atoms with Crippen LogP contribution in [0.15, 0.2) is 22.7 Å². The molecular weight excluding hydrogens is 280 g/mol. The first kappa shape index (κ1) is 10.8. The van der Waals surface area contributed by atoms with Gasteiger partial charge in [-0.3, -0.25) is 0 Å². The summed E-state index contributed by atoms with van der Waals surface area (Å²) < 4.78 is 8.69. The zero-order chi connectivity index (χ0) is 12.0. The summed E-state index contributed by atoms with van der Waals surface area (Å²) in [4.78, 5) is 0. The lowest BCUT2D eigenvalue weighted by atomic mass is 10.1. The largest absolute Gasteiger partial charge is 0.373 e. The number of hydrogen-bond donors (Lipinski definition) is 0. The van der Waals surface area contributed by atoms with Crippen molar-refractivity contribution in [3.8, 4) is 6.07 Å². The van der Waals surface area contributed by atoms with Gasteiger partial charge < -0.3 is 9.30 Å². The van der Waals surface area contributed by atoms with Gasteiger partial charge in [0.1, 0.15) is 6.07 Å². The van der Waals surface area contributed by atoms with E-state index < -0.39 is 0 Å². The molecule has 0 radical (unpaired) electrons. The van der Waals surface area contributed by atoms with Gasteiger partial charge in [-0.25, -0.2) is 0 Å². The van der Waals surface area contributed by atoms with Gasteiger partial charge >= 0.3 is 0 Å². The Hall–Kier alpha value is -1.31. The molecule has 1 aliphatic heterocycles. The molecule has 4 heteroatoms. The van der Waals surface area contributed by atoms with Gasteiger partial charge in [0.25, 0.3) is 0 Å². The third-order valence-electron chi connectivity index (χ3n) is 3.15. The number of nitriles is 1. The van der Waals surface area contributed by atoms with Gasteiger partial charge in [-0.2, -0.15) is 5.26 Å². The molecule has 1 aromatic heterocycles. The number of benzene rings is 1. The molecule has 1 aliphatic rings. The molecule has 1 atom stereocenters. The maximum Gasteiger partial charge on any atom is 0.101 e. The van der Waals surface area contributed by atoms with Crippen molar-refractivity contribution in [1.29, 1.82) is 5.26 Å². The topological polar surface area (TPSA) is 37.9 Å². The highest BCUT2D eigenvalue weighted by Crippen LogP contribution is 2.32. The number of ether oxygens (including phenoxy) is 1. The van der Waals surface area contributed by atoms with E-state index in [-0.39, 0.29) is 6.04 Å². The minimum absolute atomic E-state index is 0.282. The van der Waals surface area contributed by atoms with E-state index >= 15 is 0 Å². The summed E-state index contributed by atoms with van der Waals surface area (Å²) in [6.07, 6.45) is 0. The van der Waals surface area contributed by atoms with Crippen molar-refractivity contribution in [3.05, 3.63) is 33.9 Å². The quantitative estimate of drug-likeness (QED) is 0.746. The van der Waals surface area contributed by atoms with Gasteiger partial charge in [0.05, 0.1) is 30.3 Å². The Bertz CT molecular complexity index is 639. The van der Waals surface area contributed by atoms with E-state index in [1.165, 1.54) is 0 Å². The molecule has 0 fully saturated rings. The fraction of sp³-hybridized carbons (Fsp3) is 0.308. The Morgan fingerprint density at radius 1 is 1.47 bits per heavy atom. The second-order valence-corrected chi connectivity index (χ2v) is 5.29. The first-order valence-electron chi connectivity index (χ1n) is 5.52. The number of fused-ring (bicyclic) bond motifs is 3. The lowest BCUT2D eigenvalue weighted by Crippen LogP contribution is -2.20. The highest BCUT2D eigenvalue weighted by atomic mass is 79.9. The Morgan fingerprint density at radius 3 is 3.06 bits per heavy atom. The Kier molecular flexibility index (Phi) is 2.46. The fourth-order valence-corrected chi connectivity index (χ4v) is 2.98. The molecule has 0 N–H and O–H groups in total. The monoisotopic (exact) mass is 290 g/mol. The van der Waals surface area contributed by atoms with Crippen LogP contribution in [0.5, 0.6) is 0 Å². The summed E-state index contributed by atoms with van der Waals surface area (Å²) in [5.74, 6) is 0. The minimum Gasteiger partial charge on any atom is -0.373 e. The molecular formula is C13H11BrN2O. The van der Waals surface area contributed by atoms with E-state index in [0.29, 0.717) is 13.2 Å². The number of hydrogen-bond acceptors (Lipinski definition) is 2. The van der Waals surface area contributed by atoms with Crippen molar-refractivity contribution in [1.82, 2.24) is 4.57 Å². The average molecular weight is 291 g/mol. The zero-order valence-corrected chi connectivity index (χ0v) is 11.0. The predicted octanol–water partition coefficient (Wildman–Crippen LogP) is 3.37. The fourth-order valence-electron chi connectivity index (χ4n) is 2.50. The smallest absolute Gasteiger partial charge is 0.101 e. The molecule has 2 heterocycles. The van der Waals surface area contributed by atoms with Crippen LogP contribution < -0.4 is 0 Å². The first-order valence-corrected chi connectivity index (χ1v) is 6.31. The molecule has 2 aromatic rings. The van der Waals surface area contributed by atoms with Crippen LogP contribution in [0.2, 0.25) is 0 Å². The van der Waals surface area contributed by atoms with E-state index in [4.69, 9.17) is 4.74 Å². The SMILES string of the molecule is CC1COCc2cc3cc(Br)cc(C#N)c3n21. The summed E-state index contributed by atoms with van der Waals surface area (Å²) >= 11 is 3.44. The highest BCUT2D eigenvalue weighted by molar-refractivity contribution is 9.10. The summed E-state index contributed by atoms with van der Waals surface area (Å²) in [6, 6.07) is 8.59. The van der Waals surface area contributed by atoms with Crippen molar-refractivity contribution < 1.29 is 4.74 Å². The molecule has 0 amide bonds. The van der Waals surface area contributed by atoms with Gasteiger partial charge in [-0.1, -0.05) is 15.9 Å². The second-order valence-electron chi connectivity index (χ2n) is 4.37. The zero-order valence-electron chi connectivity index (χ0n) is 9.40. The predicted molar refractivity (Wildman–Crippen MR) is 68.7 cm³/mol. The molecule has 0 saturated heterocycles. The van der Waals surface area contributed by atoms with Crippen LogP contribution in [-0.2, 0) is 11.3 Å². The van der Waals surface area contributed by atoms with Crippen molar-refractivity contribution in [2.75, 3.05) is 6.61 Å². The van der Waals surface area contributed by atoms with E-state index in [9.17, 15) is 5.26 Å². The highest BCUT2D eigenvalue weighted by Gasteiger charge is 2.21. The molecule has 86 valence electrons. The third-order valence-corrected chi connectivity index (χ3v) is 3.60. The van der Waals surface area contributed by atoms with Crippen LogP contribution in [-0.4, -0.2) is 11.2 Å². The summed E-state index contributed by atoms with van der Waals surface area (Å²) in [7, 11) is 0. The lowest BCUT2D eigenvalue weighted by molar-refractivity contribution is 0.0654. The number of nitrogens with zero attached hydrogens (tertiary/aromatic N) is 2. The maximum atomic E-state index is 9.25.